The van der Waals surface area contributed by atoms with Crippen LogP contribution >= 0.6 is 0 Å². The number of aliphatic hydroxyl groups excluding tert-OH is 1. The van der Waals surface area contributed by atoms with E-state index in [-0.39, 0.29) is 26.1 Å². The zero-order chi connectivity index (χ0) is 40.8. The van der Waals surface area contributed by atoms with Gasteiger partial charge in [-0.05, 0) is 24.0 Å². The van der Waals surface area contributed by atoms with E-state index >= 15 is 0 Å². The molecule has 3 rings (SSSR count). The van der Waals surface area contributed by atoms with Gasteiger partial charge in [0.1, 0.15) is 37.6 Å². The van der Waals surface area contributed by atoms with Crippen LogP contribution in [-0.4, -0.2) is 121 Å². The molecule has 17 nitrogen and oxygen atoms in total. The lowest BCUT2D eigenvalue weighted by Gasteiger charge is -2.44. The summed E-state index contributed by atoms with van der Waals surface area (Å²) in [5, 5.41) is 11.1. The second kappa shape index (κ2) is 21.1. The first-order chi connectivity index (χ1) is 25.9. The summed E-state index contributed by atoms with van der Waals surface area (Å²) in [5.74, 6) is -4.76. The Labute approximate surface area is 318 Å². The van der Waals surface area contributed by atoms with E-state index in [9.17, 15) is 38.7 Å². The number of benzene rings is 1. The van der Waals surface area contributed by atoms with Gasteiger partial charge in [-0.3, -0.25) is 33.6 Å². The maximum Gasteiger partial charge on any atom is 0.303 e. The Morgan fingerprint density at radius 2 is 0.818 bits per heavy atom. The van der Waals surface area contributed by atoms with Crippen molar-refractivity contribution in [3.63, 3.8) is 0 Å². The zero-order valence-electron chi connectivity index (χ0n) is 31.7. The SMILES string of the molecule is CC(=O)OCC1OC(CC=Cc2ccc(C=CCC3OC(COC(C)=O)C(OC(C)=O)C(OC(C)=O)C3OC(C)=O)cc2)C(O)C(OC(C)=O)C1OC(C)=O. The number of aliphatic hydroxyl groups is 1. The van der Waals surface area contributed by atoms with E-state index in [0.29, 0.717) is 0 Å². The molecule has 302 valence electrons. The van der Waals surface area contributed by atoms with E-state index in [4.69, 9.17) is 42.6 Å². The fourth-order valence-electron chi connectivity index (χ4n) is 6.09. The average Bonchev–Trinajstić information content (AvgIpc) is 3.08. The minimum absolute atomic E-state index is 0.148. The molecule has 1 aromatic rings. The van der Waals surface area contributed by atoms with Crippen molar-refractivity contribution in [3.8, 4) is 0 Å². The van der Waals surface area contributed by atoms with Crippen LogP contribution in [0.1, 0.15) is 72.4 Å². The summed E-state index contributed by atoms with van der Waals surface area (Å²) >= 11 is 0. The first-order valence-electron chi connectivity index (χ1n) is 17.5. The molecule has 10 unspecified atom stereocenters. The van der Waals surface area contributed by atoms with Crippen molar-refractivity contribution in [2.75, 3.05) is 13.2 Å². The van der Waals surface area contributed by atoms with Gasteiger partial charge >= 0.3 is 41.8 Å². The third kappa shape index (κ3) is 14.2. The van der Waals surface area contributed by atoms with Crippen molar-refractivity contribution in [1.29, 1.82) is 0 Å². The Bertz CT molecular complexity index is 1580. The van der Waals surface area contributed by atoms with Gasteiger partial charge in [0.2, 0.25) is 0 Å². The number of carbonyl (C=O) groups excluding carboxylic acids is 7. The summed E-state index contributed by atoms with van der Waals surface area (Å²) in [7, 11) is 0. The summed E-state index contributed by atoms with van der Waals surface area (Å²) < 4.78 is 49.3. The molecule has 0 aromatic heterocycles. The summed E-state index contributed by atoms with van der Waals surface area (Å²) in [6.45, 7) is 7.54. The normalized spacial score (nSPS) is 27.8. The quantitative estimate of drug-likeness (QED) is 0.199. The highest BCUT2D eigenvalue weighted by molar-refractivity contribution is 5.69. The minimum atomic E-state index is -1.37. The van der Waals surface area contributed by atoms with Gasteiger partial charge in [0.25, 0.3) is 0 Å². The van der Waals surface area contributed by atoms with Crippen molar-refractivity contribution in [2.45, 2.75) is 122 Å². The Kier molecular flexibility index (Phi) is 17.0. The fraction of sp³-hybridized carbons (Fsp3) is 0.553. The summed E-state index contributed by atoms with van der Waals surface area (Å²) in [6.07, 6.45) is -4.05. The second-order valence-electron chi connectivity index (χ2n) is 12.8. The molecule has 10 atom stereocenters. The van der Waals surface area contributed by atoms with Crippen LogP contribution in [0.25, 0.3) is 12.2 Å². The van der Waals surface area contributed by atoms with E-state index in [1.165, 1.54) is 20.8 Å². The molecule has 1 N–H and O–H groups in total. The Balaban J connectivity index is 1.74. The first kappa shape index (κ1) is 44.3. The maximum atomic E-state index is 12.1. The fourth-order valence-corrected chi connectivity index (χ4v) is 6.09. The van der Waals surface area contributed by atoms with Crippen molar-refractivity contribution >= 4 is 53.9 Å². The van der Waals surface area contributed by atoms with Gasteiger partial charge in [-0.25, -0.2) is 0 Å². The molecule has 0 radical (unpaired) electrons. The molecule has 2 heterocycles. The van der Waals surface area contributed by atoms with E-state index in [1.807, 2.05) is 24.3 Å². The molecule has 2 fully saturated rings. The molecular formula is C38H48O17. The van der Waals surface area contributed by atoms with Crippen molar-refractivity contribution < 1.29 is 81.3 Å². The Morgan fingerprint density at radius 3 is 1.22 bits per heavy atom. The van der Waals surface area contributed by atoms with Crippen LogP contribution in [0.2, 0.25) is 0 Å². The molecule has 0 spiro atoms. The average molecular weight is 777 g/mol. The van der Waals surface area contributed by atoms with E-state index in [1.54, 1.807) is 24.3 Å². The van der Waals surface area contributed by atoms with Crippen LogP contribution in [-0.2, 0) is 76.2 Å². The lowest BCUT2D eigenvalue weighted by atomic mass is 9.92. The van der Waals surface area contributed by atoms with Gasteiger partial charge in [-0.15, -0.1) is 0 Å². The second-order valence-corrected chi connectivity index (χ2v) is 12.8. The molecule has 2 aliphatic heterocycles. The summed E-state index contributed by atoms with van der Waals surface area (Å²) in [5.41, 5.74) is 1.57. The molecule has 0 amide bonds. The monoisotopic (exact) mass is 776 g/mol. The van der Waals surface area contributed by atoms with Crippen molar-refractivity contribution in [1.82, 2.24) is 0 Å². The lowest BCUT2D eigenvalue weighted by molar-refractivity contribution is -0.251. The number of esters is 7. The number of carbonyl (C=O) groups is 7. The van der Waals surface area contributed by atoms with Gasteiger partial charge in [-0.2, -0.15) is 0 Å². The van der Waals surface area contributed by atoms with Gasteiger partial charge < -0.3 is 47.7 Å². The van der Waals surface area contributed by atoms with Crippen LogP contribution < -0.4 is 0 Å². The molecule has 17 heteroatoms. The van der Waals surface area contributed by atoms with Gasteiger partial charge in [0, 0.05) is 48.5 Å². The van der Waals surface area contributed by atoms with Crippen molar-refractivity contribution in [3.05, 3.63) is 47.5 Å². The minimum Gasteiger partial charge on any atom is -0.463 e. The summed E-state index contributed by atoms with van der Waals surface area (Å²) in [6, 6.07) is 7.30. The zero-order valence-corrected chi connectivity index (χ0v) is 31.7. The predicted octanol–water partition coefficient (Wildman–Crippen LogP) is 2.17. The molecule has 0 aliphatic carbocycles. The summed E-state index contributed by atoms with van der Waals surface area (Å²) in [4.78, 5) is 82.9. The number of hydrogen-bond acceptors (Lipinski definition) is 17. The number of rotatable bonds is 15. The Morgan fingerprint density at radius 1 is 0.491 bits per heavy atom. The maximum absolute atomic E-state index is 12.1. The van der Waals surface area contributed by atoms with Crippen molar-refractivity contribution in [2.24, 2.45) is 0 Å². The molecule has 0 bridgehead atoms. The van der Waals surface area contributed by atoms with Crippen LogP contribution in [0, 0.1) is 0 Å². The molecule has 1 aromatic carbocycles. The van der Waals surface area contributed by atoms with Gasteiger partial charge in [-0.1, -0.05) is 48.6 Å². The third-order valence-electron chi connectivity index (χ3n) is 8.19. The molecule has 2 saturated heterocycles. The highest BCUT2D eigenvalue weighted by atomic mass is 16.7. The number of hydrogen-bond donors (Lipinski definition) is 1. The highest BCUT2D eigenvalue weighted by Gasteiger charge is 2.52. The molecule has 55 heavy (non-hydrogen) atoms. The largest absolute Gasteiger partial charge is 0.463 e. The third-order valence-corrected chi connectivity index (χ3v) is 8.19. The van der Waals surface area contributed by atoms with Gasteiger partial charge in [0.15, 0.2) is 30.5 Å². The van der Waals surface area contributed by atoms with Gasteiger partial charge in [0.05, 0.1) is 6.10 Å². The lowest BCUT2D eigenvalue weighted by Crippen LogP contribution is -2.62. The van der Waals surface area contributed by atoms with E-state index < -0.39 is 103 Å². The molecule has 0 saturated carbocycles. The standard InChI is InChI=1S/C38H48O17/c1-20(39)47-18-31-35(50-23(4)42)37(52-25(6)44)33(46)29(54-31)12-8-10-27-14-16-28(17-15-27)11-9-13-30-34(49-22(3)41)38(53-26(7)45)36(51-24(5)43)32(55-30)19-48-21(2)40/h8-11,14-17,29-38,46H,12-13,18-19H2,1-7H3. The highest BCUT2D eigenvalue weighted by Crippen LogP contribution is 2.32. The molecular weight excluding hydrogens is 728 g/mol. The van der Waals surface area contributed by atoms with E-state index in [0.717, 1.165) is 38.8 Å². The first-order valence-corrected chi connectivity index (χ1v) is 17.5. The predicted molar refractivity (Wildman–Crippen MR) is 188 cm³/mol. The van der Waals surface area contributed by atoms with E-state index in [2.05, 4.69) is 0 Å². The smallest absolute Gasteiger partial charge is 0.303 e. The van der Waals surface area contributed by atoms with Crippen LogP contribution in [0.15, 0.2) is 36.4 Å². The van der Waals surface area contributed by atoms with Crippen LogP contribution in [0.3, 0.4) is 0 Å². The Hall–Kier alpha value is -5.13. The van der Waals surface area contributed by atoms with Crippen LogP contribution in [0.5, 0.6) is 0 Å². The van der Waals surface area contributed by atoms with Crippen LogP contribution in [0.4, 0.5) is 0 Å². The number of ether oxygens (including phenoxy) is 9. The molecule has 2 aliphatic rings. The topological polar surface area (TPSA) is 223 Å².